The first-order chi connectivity index (χ1) is 11.5. The maximum atomic E-state index is 12.5. The Labute approximate surface area is 146 Å². The molecule has 0 amide bonds. The molecule has 1 heterocycles. The highest BCUT2D eigenvalue weighted by Crippen LogP contribution is 2.30. The highest BCUT2D eigenvalue weighted by Gasteiger charge is 2.31. The zero-order valence-corrected chi connectivity index (χ0v) is 14.0. The Kier molecular flexibility index (Phi) is 4.46. The van der Waals surface area contributed by atoms with Gasteiger partial charge in [0.1, 0.15) is 10.7 Å². The Balaban J connectivity index is 1.90. The predicted octanol–water partition coefficient (Wildman–Crippen LogP) is 3.26. The van der Waals surface area contributed by atoms with E-state index in [2.05, 4.69) is 10.3 Å². The fourth-order valence-corrected chi connectivity index (χ4v) is 3.11. The SMILES string of the molecule is CCOC(=O)c1csc(NC2=C(Cl)C(=O)c3ccccc3C2=O)n1. The Morgan fingerprint density at radius 3 is 2.58 bits per heavy atom. The van der Waals surface area contributed by atoms with Crippen LogP contribution in [0.4, 0.5) is 5.13 Å². The third-order valence-corrected chi connectivity index (χ3v) is 4.40. The monoisotopic (exact) mass is 362 g/mol. The van der Waals surface area contributed by atoms with Crippen molar-refractivity contribution in [3.8, 4) is 0 Å². The average Bonchev–Trinajstić information content (AvgIpc) is 3.06. The molecule has 3 rings (SSSR count). The largest absolute Gasteiger partial charge is 0.461 e. The van der Waals surface area contributed by atoms with Crippen LogP contribution in [0.15, 0.2) is 40.4 Å². The van der Waals surface area contributed by atoms with E-state index in [0.29, 0.717) is 0 Å². The number of ketones is 2. The Morgan fingerprint density at radius 1 is 1.25 bits per heavy atom. The van der Waals surface area contributed by atoms with Gasteiger partial charge < -0.3 is 10.1 Å². The summed E-state index contributed by atoms with van der Waals surface area (Å²) in [7, 11) is 0. The number of allylic oxidation sites excluding steroid dienone is 2. The van der Waals surface area contributed by atoms with Gasteiger partial charge >= 0.3 is 5.97 Å². The zero-order chi connectivity index (χ0) is 17.3. The summed E-state index contributed by atoms with van der Waals surface area (Å²) < 4.78 is 4.86. The molecule has 24 heavy (non-hydrogen) atoms. The number of hydrogen-bond acceptors (Lipinski definition) is 7. The summed E-state index contributed by atoms with van der Waals surface area (Å²) in [6.07, 6.45) is 0. The minimum atomic E-state index is -0.557. The van der Waals surface area contributed by atoms with E-state index in [9.17, 15) is 14.4 Å². The highest BCUT2D eigenvalue weighted by molar-refractivity contribution is 7.14. The molecule has 0 saturated carbocycles. The number of halogens is 1. The van der Waals surface area contributed by atoms with Crippen molar-refractivity contribution < 1.29 is 19.1 Å². The molecule has 1 aromatic carbocycles. The number of carbonyl (C=O) groups excluding carboxylic acids is 3. The van der Waals surface area contributed by atoms with Crippen LogP contribution in [0.2, 0.25) is 0 Å². The van der Waals surface area contributed by atoms with Crippen molar-refractivity contribution >= 4 is 45.6 Å². The first-order valence-electron chi connectivity index (χ1n) is 7.00. The molecule has 0 fully saturated rings. The van der Waals surface area contributed by atoms with Crippen molar-refractivity contribution in [1.82, 2.24) is 4.98 Å². The molecule has 0 radical (unpaired) electrons. The molecule has 0 saturated heterocycles. The van der Waals surface area contributed by atoms with E-state index in [1.807, 2.05) is 0 Å². The quantitative estimate of drug-likeness (QED) is 0.840. The minimum Gasteiger partial charge on any atom is -0.461 e. The van der Waals surface area contributed by atoms with Gasteiger partial charge in [-0.25, -0.2) is 9.78 Å². The number of aromatic nitrogens is 1. The first-order valence-corrected chi connectivity index (χ1v) is 8.26. The van der Waals surface area contributed by atoms with Gasteiger partial charge in [-0.15, -0.1) is 11.3 Å². The molecule has 1 aromatic heterocycles. The van der Waals surface area contributed by atoms with Crippen LogP contribution in [0.3, 0.4) is 0 Å². The molecule has 8 heteroatoms. The van der Waals surface area contributed by atoms with Gasteiger partial charge in [-0.2, -0.15) is 0 Å². The number of nitrogens with zero attached hydrogens (tertiary/aromatic N) is 1. The topological polar surface area (TPSA) is 85.4 Å². The molecule has 0 spiro atoms. The molecule has 6 nitrogen and oxygen atoms in total. The number of hydrogen-bond donors (Lipinski definition) is 1. The van der Waals surface area contributed by atoms with Crippen LogP contribution in [-0.4, -0.2) is 29.1 Å². The number of benzene rings is 1. The summed E-state index contributed by atoms with van der Waals surface area (Å²) in [5.41, 5.74) is 0.613. The first kappa shape index (κ1) is 16.4. The van der Waals surface area contributed by atoms with Gasteiger partial charge in [0.25, 0.3) is 0 Å². The van der Waals surface area contributed by atoms with Crippen LogP contribution in [0.25, 0.3) is 0 Å². The van der Waals surface area contributed by atoms with Crippen LogP contribution >= 0.6 is 22.9 Å². The lowest BCUT2D eigenvalue weighted by Gasteiger charge is -2.17. The average molecular weight is 363 g/mol. The number of ether oxygens (including phenoxy) is 1. The molecule has 1 N–H and O–H groups in total. The molecule has 1 aliphatic carbocycles. The summed E-state index contributed by atoms with van der Waals surface area (Å²) in [5.74, 6) is -1.39. The van der Waals surface area contributed by atoms with Crippen LogP contribution in [0, 0.1) is 0 Å². The summed E-state index contributed by atoms with van der Waals surface area (Å²) >= 11 is 7.16. The lowest BCUT2D eigenvalue weighted by Crippen LogP contribution is -2.24. The Hall–Kier alpha value is -2.51. The fourth-order valence-electron chi connectivity index (χ4n) is 2.19. The molecule has 0 unspecified atom stereocenters. The third-order valence-electron chi connectivity index (χ3n) is 3.28. The minimum absolute atomic E-state index is 0.0508. The Bertz CT molecular complexity index is 888. The van der Waals surface area contributed by atoms with Crippen LogP contribution in [0.5, 0.6) is 0 Å². The Morgan fingerprint density at radius 2 is 1.92 bits per heavy atom. The second-order valence-corrected chi connectivity index (χ2v) is 6.01. The van der Waals surface area contributed by atoms with Crippen LogP contribution < -0.4 is 5.32 Å². The van der Waals surface area contributed by atoms with Crippen molar-refractivity contribution in [3.63, 3.8) is 0 Å². The fraction of sp³-hybridized carbons (Fsp3) is 0.125. The molecular formula is C16H11ClN2O4S. The number of carbonyl (C=O) groups is 3. The van der Waals surface area contributed by atoms with E-state index in [1.54, 1.807) is 31.2 Å². The molecular weight excluding hydrogens is 352 g/mol. The number of esters is 1. The van der Waals surface area contributed by atoms with Gasteiger partial charge in [0, 0.05) is 16.5 Å². The molecule has 1 aliphatic rings. The summed E-state index contributed by atoms with van der Waals surface area (Å²) in [4.78, 5) is 40.5. The number of fused-ring (bicyclic) bond motifs is 1. The zero-order valence-electron chi connectivity index (χ0n) is 12.5. The van der Waals surface area contributed by atoms with E-state index in [0.717, 1.165) is 11.3 Å². The molecule has 0 aliphatic heterocycles. The van der Waals surface area contributed by atoms with Crippen molar-refractivity contribution in [3.05, 3.63) is 57.2 Å². The van der Waals surface area contributed by atoms with E-state index in [-0.39, 0.29) is 39.3 Å². The number of Topliss-reactive ketones (excluding diaryl/α,β-unsaturated/α-hetero) is 2. The normalized spacial score (nSPS) is 13.8. The van der Waals surface area contributed by atoms with Crippen molar-refractivity contribution in [2.45, 2.75) is 6.92 Å². The van der Waals surface area contributed by atoms with Gasteiger partial charge in [-0.05, 0) is 6.92 Å². The highest BCUT2D eigenvalue weighted by atomic mass is 35.5. The second-order valence-electron chi connectivity index (χ2n) is 4.78. The van der Waals surface area contributed by atoms with Crippen molar-refractivity contribution in [2.24, 2.45) is 0 Å². The lowest BCUT2D eigenvalue weighted by molar-refractivity contribution is 0.0520. The number of nitrogens with one attached hydrogen (secondary N) is 1. The van der Waals surface area contributed by atoms with Crippen LogP contribution in [0.1, 0.15) is 38.1 Å². The van der Waals surface area contributed by atoms with Gasteiger partial charge in [0.15, 0.2) is 10.8 Å². The van der Waals surface area contributed by atoms with Crippen LogP contribution in [-0.2, 0) is 4.74 Å². The van der Waals surface area contributed by atoms with Crippen molar-refractivity contribution in [1.29, 1.82) is 0 Å². The predicted molar refractivity (Wildman–Crippen MR) is 89.7 cm³/mol. The van der Waals surface area contributed by atoms with Crippen molar-refractivity contribution in [2.75, 3.05) is 11.9 Å². The molecule has 122 valence electrons. The second kappa shape index (κ2) is 6.54. The molecule has 2 aromatic rings. The maximum Gasteiger partial charge on any atom is 0.357 e. The van der Waals surface area contributed by atoms with E-state index in [4.69, 9.17) is 16.3 Å². The third kappa shape index (κ3) is 2.83. The van der Waals surface area contributed by atoms with E-state index < -0.39 is 17.5 Å². The number of rotatable bonds is 4. The van der Waals surface area contributed by atoms with E-state index >= 15 is 0 Å². The smallest absolute Gasteiger partial charge is 0.357 e. The van der Waals surface area contributed by atoms with Gasteiger partial charge in [0.05, 0.1) is 6.61 Å². The molecule has 0 atom stereocenters. The summed E-state index contributed by atoms with van der Waals surface area (Å²) in [6.45, 7) is 1.93. The van der Waals surface area contributed by atoms with E-state index in [1.165, 1.54) is 5.38 Å². The lowest BCUT2D eigenvalue weighted by atomic mass is 9.92. The van der Waals surface area contributed by atoms with Gasteiger partial charge in [-0.1, -0.05) is 35.9 Å². The summed E-state index contributed by atoms with van der Waals surface area (Å²) in [5, 5.41) is 4.31. The molecule has 0 bridgehead atoms. The van der Waals surface area contributed by atoms with Gasteiger partial charge in [-0.3, -0.25) is 9.59 Å². The van der Waals surface area contributed by atoms with Gasteiger partial charge in [0.2, 0.25) is 11.6 Å². The summed E-state index contributed by atoms with van der Waals surface area (Å²) in [6, 6.07) is 6.45. The standard InChI is InChI=1S/C16H11ClN2O4S/c1-2-23-15(22)10-7-24-16(18-10)19-12-11(17)13(20)8-5-3-4-6-9(8)14(12)21/h3-7H,2H2,1H3,(H,18,19). The number of thiazole rings is 1. The number of anilines is 1. The maximum absolute atomic E-state index is 12.5.